The van der Waals surface area contributed by atoms with E-state index in [-0.39, 0.29) is 11.2 Å². The van der Waals surface area contributed by atoms with Crippen molar-refractivity contribution in [2.75, 3.05) is 6.61 Å². The van der Waals surface area contributed by atoms with E-state index in [4.69, 9.17) is 11.6 Å². The second-order valence-corrected chi connectivity index (χ2v) is 9.42. The number of hydrogen-bond acceptors (Lipinski definition) is 4. The largest absolute Gasteiger partial charge is 0.394 e. The molecule has 0 heterocycles. The van der Waals surface area contributed by atoms with Gasteiger partial charge in [0.25, 0.3) is 5.91 Å². The molecule has 3 aliphatic rings. The molecule has 1 unspecified atom stereocenters. The molecule has 0 saturated heterocycles. The van der Waals surface area contributed by atoms with Crippen LogP contribution in [0.1, 0.15) is 46.0 Å². The first kappa shape index (κ1) is 22.7. The summed E-state index contributed by atoms with van der Waals surface area (Å²) in [5.74, 6) is -0.324. The van der Waals surface area contributed by atoms with Crippen LogP contribution in [-0.4, -0.2) is 40.7 Å². The van der Waals surface area contributed by atoms with E-state index in [2.05, 4.69) is 25.2 Å². The van der Waals surface area contributed by atoms with Crippen LogP contribution >= 0.6 is 11.6 Å². The Labute approximate surface area is 182 Å². The van der Waals surface area contributed by atoms with Gasteiger partial charge < -0.3 is 15.5 Å². The van der Waals surface area contributed by atoms with Crippen molar-refractivity contribution in [3.05, 3.63) is 58.2 Å². The fraction of sp³-hybridized carbons (Fsp3) is 0.500. The Morgan fingerprint density at radius 2 is 2.00 bits per heavy atom. The predicted octanol–water partition coefficient (Wildman–Crippen LogP) is 3.49. The molecule has 162 valence electrons. The Morgan fingerprint density at radius 3 is 2.57 bits per heavy atom. The molecule has 0 aromatic carbocycles. The maximum Gasteiger partial charge on any atom is 0.251 e. The molecular weight excluding hydrogens is 402 g/mol. The molecule has 3 rings (SSSR count). The number of aliphatic hydroxyl groups is 2. The van der Waals surface area contributed by atoms with Crippen molar-refractivity contribution in [2.24, 2.45) is 11.3 Å². The van der Waals surface area contributed by atoms with Crippen LogP contribution in [0.2, 0.25) is 0 Å². The number of aliphatic hydroxyl groups excluding tert-OH is 2. The van der Waals surface area contributed by atoms with Crippen LogP contribution in [0.15, 0.2) is 58.2 Å². The zero-order valence-corrected chi connectivity index (χ0v) is 18.3. The van der Waals surface area contributed by atoms with Gasteiger partial charge in [-0.25, -0.2) is 0 Å². The first-order valence-corrected chi connectivity index (χ1v) is 10.9. The summed E-state index contributed by atoms with van der Waals surface area (Å²) in [5.41, 5.74) is 2.29. The van der Waals surface area contributed by atoms with Gasteiger partial charge in [-0.05, 0) is 55.1 Å². The highest BCUT2D eigenvalue weighted by Gasteiger charge is 2.38. The molecule has 3 atom stereocenters. The predicted molar refractivity (Wildman–Crippen MR) is 118 cm³/mol. The topological polar surface area (TPSA) is 86.6 Å². The van der Waals surface area contributed by atoms with Gasteiger partial charge >= 0.3 is 0 Å². The Balaban J connectivity index is 1.69. The highest BCUT2D eigenvalue weighted by Crippen LogP contribution is 2.46. The van der Waals surface area contributed by atoms with E-state index in [9.17, 15) is 19.8 Å². The van der Waals surface area contributed by atoms with Crippen LogP contribution in [0.25, 0.3) is 0 Å². The lowest BCUT2D eigenvalue weighted by Gasteiger charge is -2.40. The minimum absolute atomic E-state index is 0.113. The second kappa shape index (κ2) is 9.46. The van der Waals surface area contributed by atoms with Gasteiger partial charge in [0.15, 0.2) is 5.78 Å². The molecule has 3 N–H and O–H groups in total. The van der Waals surface area contributed by atoms with Crippen molar-refractivity contribution in [1.29, 1.82) is 0 Å². The molecule has 0 bridgehead atoms. The third-order valence-corrected chi connectivity index (χ3v) is 6.54. The standard InChI is InChI=1S/C24H30ClNO4/c1-24(2)13-17(7-12-20(24)15-3-8-18(25)9-4-15)22(29)21(14-27)26-23(30)16-5-10-19(28)11-6-16/h3,5-8,10,19-21,27-28H,4,9,11-14H2,1-2H3,(H,26,30)/t19-,20?,21-/m1/s1. The summed E-state index contributed by atoms with van der Waals surface area (Å²) in [7, 11) is 0. The Morgan fingerprint density at radius 1 is 1.23 bits per heavy atom. The van der Waals surface area contributed by atoms with E-state index in [1.807, 2.05) is 12.2 Å². The Kier molecular flexibility index (Phi) is 7.17. The Hall–Kier alpha value is -1.95. The summed E-state index contributed by atoms with van der Waals surface area (Å²) < 4.78 is 0. The lowest BCUT2D eigenvalue weighted by atomic mass is 9.64. The molecule has 0 aromatic heterocycles. The summed E-state index contributed by atoms with van der Waals surface area (Å²) in [6.07, 6.45) is 13.6. The van der Waals surface area contributed by atoms with E-state index in [0.29, 0.717) is 29.9 Å². The zero-order chi connectivity index (χ0) is 21.9. The van der Waals surface area contributed by atoms with Gasteiger partial charge in [-0.15, -0.1) is 0 Å². The van der Waals surface area contributed by atoms with Crippen LogP contribution in [0.4, 0.5) is 0 Å². The first-order chi connectivity index (χ1) is 14.2. The third-order valence-electron chi connectivity index (χ3n) is 6.23. The van der Waals surface area contributed by atoms with E-state index >= 15 is 0 Å². The number of ketones is 1. The number of amides is 1. The number of allylic oxidation sites excluding steroid dienone is 5. The molecule has 5 nitrogen and oxygen atoms in total. The van der Waals surface area contributed by atoms with Crippen LogP contribution in [-0.2, 0) is 9.59 Å². The summed E-state index contributed by atoms with van der Waals surface area (Å²) in [6, 6.07) is -0.979. The molecule has 0 saturated carbocycles. The fourth-order valence-electron chi connectivity index (χ4n) is 4.46. The molecular formula is C24H30ClNO4. The van der Waals surface area contributed by atoms with Gasteiger partial charge in [0.1, 0.15) is 6.04 Å². The van der Waals surface area contributed by atoms with Crippen LogP contribution in [0.5, 0.6) is 0 Å². The molecule has 3 aliphatic carbocycles. The average molecular weight is 432 g/mol. The molecule has 0 aromatic rings. The highest BCUT2D eigenvalue weighted by molar-refractivity contribution is 6.29. The normalized spacial score (nSPS) is 26.7. The zero-order valence-electron chi connectivity index (χ0n) is 17.5. The van der Waals surface area contributed by atoms with Crippen LogP contribution in [0.3, 0.4) is 0 Å². The van der Waals surface area contributed by atoms with E-state index in [1.54, 1.807) is 12.2 Å². The number of Topliss-reactive ketones (excluding diaryl/α,β-unsaturated/α-hetero) is 1. The monoisotopic (exact) mass is 431 g/mol. The lowest BCUT2D eigenvalue weighted by molar-refractivity contribution is -0.125. The molecule has 0 radical (unpaired) electrons. The summed E-state index contributed by atoms with van der Waals surface area (Å²) >= 11 is 6.09. The van der Waals surface area contributed by atoms with Gasteiger partial charge in [-0.2, -0.15) is 0 Å². The van der Waals surface area contributed by atoms with E-state index < -0.39 is 24.7 Å². The van der Waals surface area contributed by atoms with Gasteiger partial charge in [0.2, 0.25) is 0 Å². The molecule has 1 amide bonds. The highest BCUT2D eigenvalue weighted by atomic mass is 35.5. The number of carbonyl (C=O) groups excluding carboxylic acids is 2. The SMILES string of the molecule is CC1(C)CC(C(=O)[C@@H](CO)NC(=O)C2=CC[C@H](O)C=C2)=CCC1C1=CC=C(Cl)CC1. The second-order valence-electron chi connectivity index (χ2n) is 8.93. The maximum atomic E-state index is 13.1. The molecule has 30 heavy (non-hydrogen) atoms. The minimum atomic E-state index is -0.979. The molecule has 0 aliphatic heterocycles. The average Bonchev–Trinajstić information content (AvgIpc) is 2.72. The summed E-state index contributed by atoms with van der Waals surface area (Å²) in [6.45, 7) is 3.86. The van der Waals surface area contributed by atoms with Crippen molar-refractivity contribution in [3.63, 3.8) is 0 Å². The number of rotatable bonds is 6. The quantitative estimate of drug-likeness (QED) is 0.600. The molecule has 6 heteroatoms. The van der Waals surface area contributed by atoms with Crippen molar-refractivity contribution in [3.8, 4) is 0 Å². The van der Waals surface area contributed by atoms with Crippen molar-refractivity contribution >= 4 is 23.3 Å². The van der Waals surface area contributed by atoms with E-state index in [0.717, 1.165) is 24.3 Å². The van der Waals surface area contributed by atoms with Gasteiger partial charge in [-0.3, -0.25) is 9.59 Å². The smallest absolute Gasteiger partial charge is 0.251 e. The fourth-order valence-corrected chi connectivity index (χ4v) is 4.62. The third kappa shape index (κ3) is 5.20. The number of nitrogens with one attached hydrogen (secondary N) is 1. The lowest BCUT2D eigenvalue weighted by Crippen LogP contribution is -2.45. The van der Waals surface area contributed by atoms with Crippen molar-refractivity contribution in [2.45, 2.75) is 58.1 Å². The van der Waals surface area contributed by atoms with Gasteiger partial charge in [-0.1, -0.05) is 61.4 Å². The van der Waals surface area contributed by atoms with Gasteiger partial charge in [0.05, 0.1) is 12.7 Å². The van der Waals surface area contributed by atoms with Gasteiger partial charge in [0, 0.05) is 10.6 Å². The van der Waals surface area contributed by atoms with Crippen molar-refractivity contribution in [1.82, 2.24) is 5.32 Å². The minimum Gasteiger partial charge on any atom is -0.394 e. The number of carbonyl (C=O) groups is 2. The molecule has 0 spiro atoms. The Bertz CT molecular complexity index is 862. The van der Waals surface area contributed by atoms with E-state index in [1.165, 1.54) is 11.6 Å². The van der Waals surface area contributed by atoms with Crippen LogP contribution < -0.4 is 5.32 Å². The van der Waals surface area contributed by atoms with Crippen molar-refractivity contribution < 1.29 is 19.8 Å². The summed E-state index contributed by atoms with van der Waals surface area (Å²) in [4.78, 5) is 25.5. The maximum absolute atomic E-state index is 13.1. The van der Waals surface area contributed by atoms with Crippen LogP contribution in [0, 0.1) is 11.3 Å². The number of halogens is 1. The summed E-state index contributed by atoms with van der Waals surface area (Å²) in [5, 5.41) is 22.8. The molecule has 0 fully saturated rings. The number of hydrogen-bond donors (Lipinski definition) is 3. The first-order valence-electron chi connectivity index (χ1n) is 10.5.